The molecule has 0 bridgehead atoms. The Morgan fingerprint density at radius 1 is 1.07 bits per heavy atom. The van der Waals surface area contributed by atoms with Gasteiger partial charge < -0.3 is 9.64 Å². The minimum atomic E-state index is -4.42. The minimum absolute atomic E-state index is 0.361. The van der Waals surface area contributed by atoms with Crippen molar-refractivity contribution < 1.29 is 17.9 Å². The van der Waals surface area contributed by atoms with E-state index < -0.39 is 11.7 Å². The van der Waals surface area contributed by atoms with E-state index >= 15 is 0 Å². The number of hydrogen-bond donors (Lipinski definition) is 0. The van der Waals surface area contributed by atoms with Crippen LogP contribution in [0.2, 0.25) is 0 Å². The van der Waals surface area contributed by atoms with Gasteiger partial charge in [0.25, 0.3) is 0 Å². The van der Waals surface area contributed by atoms with E-state index in [1.807, 2.05) is 6.07 Å². The van der Waals surface area contributed by atoms with Gasteiger partial charge in [-0.15, -0.1) is 0 Å². The van der Waals surface area contributed by atoms with Crippen molar-refractivity contribution in [3.05, 3.63) is 42.4 Å². The number of rotatable bonds is 3. The molecule has 0 spiro atoms. The van der Waals surface area contributed by atoms with Gasteiger partial charge in [-0.2, -0.15) is 13.2 Å². The molecule has 0 aromatic carbocycles. The molecule has 1 atom stereocenters. The Balaban J connectivity index is 1.46. The first-order chi connectivity index (χ1) is 13.5. The van der Waals surface area contributed by atoms with Gasteiger partial charge in [-0.25, -0.2) is 15.0 Å². The molecular formula is C19H18F3N5O. The highest BCUT2D eigenvalue weighted by Crippen LogP contribution is 2.33. The molecule has 9 heteroatoms. The van der Waals surface area contributed by atoms with E-state index in [2.05, 4.69) is 19.9 Å². The predicted octanol–water partition coefficient (Wildman–Crippen LogP) is 3.28. The highest BCUT2D eigenvalue weighted by molar-refractivity contribution is 5.59. The molecule has 3 aromatic heterocycles. The summed E-state index contributed by atoms with van der Waals surface area (Å²) in [5.41, 5.74) is 0.120. The van der Waals surface area contributed by atoms with Crippen LogP contribution in [0.25, 0.3) is 17.2 Å². The molecule has 1 unspecified atom stereocenters. The van der Waals surface area contributed by atoms with Gasteiger partial charge in [0, 0.05) is 31.4 Å². The number of anilines is 1. The van der Waals surface area contributed by atoms with E-state index in [4.69, 9.17) is 4.74 Å². The molecule has 0 aliphatic carbocycles. The third kappa shape index (κ3) is 2.99. The van der Waals surface area contributed by atoms with Crippen molar-refractivity contribution in [3.63, 3.8) is 0 Å². The van der Waals surface area contributed by atoms with Gasteiger partial charge in [-0.05, 0) is 30.5 Å². The molecule has 0 N–H and O–H groups in total. The summed E-state index contributed by atoms with van der Waals surface area (Å²) in [6, 6.07) is 4.22. The third-order valence-electron chi connectivity index (χ3n) is 5.58. The molecule has 5 heterocycles. The largest absolute Gasteiger partial charge is 0.417 e. The summed E-state index contributed by atoms with van der Waals surface area (Å²) in [6.45, 7) is 3.48. The lowest BCUT2D eigenvalue weighted by Gasteiger charge is -2.31. The molecule has 5 rings (SSSR count). The van der Waals surface area contributed by atoms with Crippen LogP contribution in [-0.2, 0) is 10.9 Å². The van der Waals surface area contributed by atoms with E-state index in [0.29, 0.717) is 29.0 Å². The SMILES string of the molecule is FC(F)(F)c1ccc2ncc(-c3nccc(N4CCC(C5COC5)C4)n3)n2c1. The van der Waals surface area contributed by atoms with Crippen LogP contribution in [0.4, 0.5) is 19.0 Å². The highest BCUT2D eigenvalue weighted by atomic mass is 19.4. The first kappa shape index (κ1) is 17.4. The third-order valence-corrected chi connectivity index (χ3v) is 5.58. The smallest absolute Gasteiger partial charge is 0.381 e. The van der Waals surface area contributed by atoms with E-state index in [1.165, 1.54) is 16.7 Å². The van der Waals surface area contributed by atoms with Crippen LogP contribution in [0.1, 0.15) is 12.0 Å². The van der Waals surface area contributed by atoms with E-state index in [-0.39, 0.29) is 0 Å². The minimum Gasteiger partial charge on any atom is -0.381 e. The maximum absolute atomic E-state index is 13.1. The van der Waals surface area contributed by atoms with E-state index in [1.54, 1.807) is 6.20 Å². The van der Waals surface area contributed by atoms with Crippen LogP contribution in [-0.4, -0.2) is 45.7 Å². The Labute approximate surface area is 159 Å². The zero-order valence-electron chi connectivity index (χ0n) is 14.9. The number of ether oxygens (including phenoxy) is 1. The molecule has 0 amide bonds. The van der Waals surface area contributed by atoms with E-state index in [9.17, 15) is 13.2 Å². The predicted molar refractivity (Wildman–Crippen MR) is 95.8 cm³/mol. The molecule has 6 nitrogen and oxygen atoms in total. The van der Waals surface area contributed by atoms with Gasteiger partial charge in [0.15, 0.2) is 5.82 Å². The quantitative estimate of drug-likeness (QED) is 0.688. The average Bonchev–Trinajstić information content (AvgIpc) is 3.26. The van der Waals surface area contributed by atoms with Crippen molar-refractivity contribution in [1.82, 2.24) is 19.4 Å². The topological polar surface area (TPSA) is 55.5 Å². The Hall–Kier alpha value is -2.68. The van der Waals surface area contributed by atoms with Crippen LogP contribution in [0.15, 0.2) is 36.8 Å². The Bertz CT molecular complexity index is 1010. The molecule has 2 saturated heterocycles. The van der Waals surface area contributed by atoms with Crippen LogP contribution < -0.4 is 4.90 Å². The fourth-order valence-corrected chi connectivity index (χ4v) is 3.87. The zero-order valence-corrected chi connectivity index (χ0v) is 14.9. The van der Waals surface area contributed by atoms with Crippen LogP contribution in [0.3, 0.4) is 0 Å². The van der Waals surface area contributed by atoms with Gasteiger partial charge in [-0.3, -0.25) is 4.40 Å². The lowest BCUT2D eigenvalue weighted by molar-refractivity contribution is -0.137. The number of aromatic nitrogens is 4. The summed E-state index contributed by atoms with van der Waals surface area (Å²) < 4.78 is 45.9. The molecule has 2 aliphatic rings. The number of halogens is 3. The van der Waals surface area contributed by atoms with Gasteiger partial charge in [0.2, 0.25) is 0 Å². The molecule has 3 aromatic rings. The summed E-state index contributed by atoms with van der Waals surface area (Å²) in [6.07, 6.45) is 0.861. The van der Waals surface area contributed by atoms with Crippen molar-refractivity contribution in [2.45, 2.75) is 12.6 Å². The zero-order chi connectivity index (χ0) is 19.3. The van der Waals surface area contributed by atoms with Crippen molar-refractivity contribution in [1.29, 1.82) is 0 Å². The Morgan fingerprint density at radius 2 is 1.93 bits per heavy atom. The van der Waals surface area contributed by atoms with Gasteiger partial charge in [0.1, 0.15) is 17.2 Å². The summed E-state index contributed by atoms with van der Waals surface area (Å²) in [4.78, 5) is 15.3. The molecule has 28 heavy (non-hydrogen) atoms. The number of pyridine rings is 1. The summed E-state index contributed by atoms with van der Waals surface area (Å²) in [7, 11) is 0. The molecule has 0 saturated carbocycles. The first-order valence-electron chi connectivity index (χ1n) is 9.19. The standard InChI is InChI=1S/C19H18F3N5O/c20-19(21,22)14-1-2-16-24-7-15(27(16)9-14)18-23-5-3-17(25-18)26-6-4-12(8-26)13-10-28-11-13/h1-3,5,7,9,12-13H,4,6,8,10-11H2. The average molecular weight is 389 g/mol. The van der Waals surface area contributed by atoms with Crippen LogP contribution in [0, 0.1) is 11.8 Å². The number of nitrogens with zero attached hydrogens (tertiary/aromatic N) is 5. The lowest BCUT2D eigenvalue weighted by atomic mass is 9.90. The summed E-state index contributed by atoms with van der Waals surface area (Å²) >= 11 is 0. The number of hydrogen-bond acceptors (Lipinski definition) is 5. The van der Waals surface area contributed by atoms with Gasteiger partial charge in [-0.1, -0.05) is 0 Å². The second kappa shape index (κ2) is 6.44. The number of alkyl halides is 3. The van der Waals surface area contributed by atoms with Crippen molar-refractivity contribution in [2.75, 3.05) is 31.2 Å². The van der Waals surface area contributed by atoms with E-state index in [0.717, 1.165) is 50.8 Å². The normalized spacial score (nSPS) is 20.7. The molecule has 0 radical (unpaired) electrons. The first-order valence-corrected chi connectivity index (χ1v) is 9.19. The second-order valence-electron chi connectivity index (χ2n) is 7.32. The summed E-state index contributed by atoms with van der Waals surface area (Å²) in [5, 5.41) is 0. The van der Waals surface area contributed by atoms with Crippen molar-refractivity contribution >= 4 is 11.5 Å². The molecule has 146 valence electrons. The maximum atomic E-state index is 13.1. The van der Waals surface area contributed by atoms with Crippen molar-refractivity contribution in [2.24, 2.45) is 11.8 Å². The van der Waals surface area contributed by atoms with Crippen LogP contribution in [0.5, 0.6) is 0 Å². The van der Waals surface area contributed by atoms with Crippen LogP contribution >= 0.6 is 0 Å². The monoisotopic (exact) mass is 389 g/mol. The number of fused-ring (bicyclic) bond motifs is 1. The second-order valence-corrected chi connectivity index (χ2v) is 7.32. The van der Waals surface area contributed by atoms with Gasteiger partial charge >= 0.3 is 6.18 Å². The maximum Gasteiger partial charge on any atom is 0.417 e. The molecule has 2 aliphatic heterocycles. The highest BCUT2D eigenvalue weighted by Gasteiger charge is 2.34. The fraction of sp³-hybridized carbons (Fsp3) is 0.421. The molecule has 2 fully saturated rings. The summed E-state index contributed by atoms with van der Waals surface area (Å²) in [5.74, 6) is 2.36. The van der Waals surface area contributed by atoms with Gasteiger partial charge in [0.05, 0.1) is 25.0 Å². The van der Waals surface area contributed by atoms with Crippen molar-refractivity contribution in [3.8, 4) is 11.5 Å². The number of imidazole rings is 1. The molecular weight excluding hydrogens is 371 g/mol. The Morgan fingerprint density at radius 3 is 2.68 bits per heavy atom. The fourth-order valence-electron chi connectivity index (χ4n) is 3.87. The lowest BCUT2D eigenvalue weighted by Crippen LogP contribution is -2.36. The Kier molecular flexibility index (Phi) is 4.01.